The van der Waals surface area contributed by atoms with Gasteiger partial charge in [0.2, 0.25) is 11.7 Å². The molecule has 104 valence electrons. The van der Waals surface area contributed by atoms with Gasteiger partial charge in [-0.3, -0.25) is 10.1 Å². The molecule has 7 nitrogen and oxygen atoms in total. The van der Waals surface area contributed by atoms with Gasteiger partial charge in [-0.1, -0.05) is 12.1 Å². The molecule has 0 spiro atoms. The van der Waals surface area contributed by atoms with E-state index in [0.717, 1.165) is 5.56 Å². The fourth-order valence-electron chi connectivity index (χ4n) is 1.65. The summed E-state index contributed by atoms with van der Waals surface area (Å²) >= 11 is 0. The molecule has 0 saturated heterocycles. The Labute approximate surface area is 115 Å². The van der Waals surface area contributed by atoms with Crippen molar-refractivity contribution in [1.82, 2.24) is 4.98 Å². The van der Waals surface area contributed by atoms with Crippen LogP contribution in [-0.2, 0) is 11.3 Å². The van der Waals surface area contributed by atoms with Crippen LogP contribution >= 0.6 is 0 Å². The quantitative estimate of drug-likeness (QED) is 0.664. The second kappa shape index (κ2) is 5.98. The number of hydrogen-bond donors (Lipinski definition) is 1. The Balaban J connectivity index is 2.19. The van der Waals surface area contributed by atoms with E-state index in [9.17, 15) is 10.1 Å². The number of methoxy groups -OCH3 is 1. The van der Waals surface area contributed by atoms with Crippen molar-refractivity contribution in [2.45, 2.75) is 6.61 Å². The minimum Gasteiger partial charge on any atom is -0.439 e. The lowest BCUT2D eigenvalue weighted by Gasteiger charge is -2.07. The number of anilines is 1. The number of nitrogens with zero attached hydrogens (tertiary/aromatic N) is 2. The number of rotatable bonds is 5. The highest BCUT2D eigenvalue weighted by Crippen LogP contribution is 2.26. The van der Waals surface area contributed by atoms with E-state index in [-0.39, 0.29) is 17.4 Å². The van der Waals surface area contributed by atoms with Crippen molar-refractivity contribution < 1.29 is 14.4 Å². The first-order valence-corrected chi connectivity index (χ1v) is 5.77. The van der Waals surface area contributed by atoms with E-state index >= 15 is 0 Å². The van der Waals surface area contributed by atoms with E-state index in [2.05, 4.69) is 4.98 Å². The SMILES string of the molecule is COCc1cccc(Oc2ccc([N+](=O)[O-])c(N)n2)c1. The normalized spacial score (nSPS) is 10.2. The summed E-state index contributed by atoms with van der Waals surface area (Å²) < 4.78 is 10.5. The van der Waals surface area contributed by atoms with Crippen LogP contribution in [0.3, 0.4) is 0 Å². The van der Waals surface area contributed by atoms with Crippen LogP contribution in [0.5, 0.6) is 11.6 Å². The Bertz CT molecular complexity index is 631. The Morgan fingerprint density at radius 3 is 2.80 bits per heavy atom. The molecule has 0 aliphatic rings. The van der Waals surface area contributed by atoms with Crippen LogP contribution in [0.15, 0.2) is 36.4 Å². The van der Waals surface area contributed by atoms with E-state index in [1.54, 1.807) is 19.2 Å². The third kappa shape index (κ3) is 3.21. The number of benzene rings is 1. The lowest BCUT2D eigenvalue weighted by Crippen LogP contribution is -1.99. The highest BCUT2D eigenvalue weighted by atomic mass is 16.6. The van der Waals surface area contributed by atoms with Gasteiger partial charge >= 0.3 is 5.69 Å². The third-order valence-electron chi connectivity index (χ3n) is 2.51. The van der Waals surface area contributed by atoms with Crippen molar-refractivity contribution in [3.8, 4) is 11.6 Å². The number of nitro groups is 1. The average Bonchev–Trinajstić information content (AvgIpc) is 2.39. The number of nitrogens with two attached hydrogens (primary N) is 1. The zero-order chi connectivity index (χ0) is 14.5. The Morgan fingerprint density at radius 2 is 2.15 bits per heavy atom. The first kappa shape index (κ1) is 13.8. The summed E-state index contributed by atoms with van der Waals surface area (Å²) in [6.45, 7) is 0.465. The summed E-state index contributed by atoms with van der Waals surface area (Å²) in [5.41, 5.74) is 6.20. The van der Waals surface area contributed by atoms with Crippen molar-refractivity contribution in [3.05, 3.63) is 52.1 Å². The Morgan fingerprint density at radius 1 is 1.35 bits per heavy atom. The van der Waals surface area contributed by atoms with E-state index in [4.69, 9.17) is 15.2 Å². The molecule has 0 atom stereocenters. The maximum atomic E-state index is 10.6. The lowest BCUT2D eigenvalue weighted by molar-refractivity contribution is -0.384. The lowest BCUT2D eigenvalue weighted by atomic mass is 10.2. The van der Waals surface area contributed by atoms with Crippen molar-refractivity contribution in [2.24, 2.45) is 0 Å². The molecule has 20 heavy (non-hydrogen) atoms. The number of aromatic nitrogens is 1. The second-order valence-electron chi connectivity index (χ2n) is 3.99. The molecule has 0 fully saturated rings. The standard InChI is InChI=1S/C13H13N3O4/c1-19-8-9-3-2-4-10(7-9)20-12-6-5-11(16(17)18)13(14)15-12/h2-7H,8H2,1H3,(H2,14,15). The molecule has 2 aromatic rings. The molecule has 0 saturated carbocycles. The van der Waals surface area contributed by atoms with Gasteiger partial charge in [0, 0.05) is 19.2 Å². The molecular weight excluding hydrogens is 262 g/mol. The summed E-state index contributed by atoms with van der Waals surface area (Å²) in [7, 11) is 1.60. The van der Waals surface area contributed by atoms with Crippen molar-refractivity contribution in [3.63, 3.8) is 0 Å². The molecule has 2 N–H and O–H groups in total. The zero-order valence-corrected chi connectivity index (χ0v) is 10.8. The van der Waals surface area contributed by atoms with Crippen LogP contribution in [0.1, 0.15) is 5.56 Å². The van der Waals surface area contributed by atoms with E-state index in [1.807, 2.05) is 12.1 Å². The summed E-state index contributed by atoms with van der Waals surface area (Å²) in [6.07, 6.45) is 0. The van der Waals surface area contributed by atoms with Crippen LogP contribution in [0, 0.1) is 10.1 Å². The Kier molecular flexibility index (Phi) is 4.11. The number of nitrogen functional groups attached to an aromatic ring is 1. The molecule has 0 aliphatic carbocycles. The Hall–Kier alpha value is -2.67. The van der Waals surface area contributed by atoms with Gasteiger partial charge in [-0.25, -0.2) is 0 Å². The first-order chi connectivity index (χ1) is 9.60. The van der Waals surface area contributed by atoms with Gasteiger partial charge in [0.1, 0.15) is 5.75 Å². The molecule has 0 radical (unpaired) electrons. The molecule has 0 bridgehead atoms. The van der Waals surface area contributed by atoms with Gasteiger partial charge in [-0.15, -0.1) is 0 Å². The summed E-state index contributed by atoms with van der Waals surface area (Å²) in [4.78, 5) is 13.9. The molecule has 1 heterocycles. The number of ether oxygens (including phenoxy) is 2. The predicted molar refractivity (Wildman–Crippen MR) is 72.5 cm³/mol. The van der Waals surface area contributed by atoms with Crippen LogP contribution < -0.4 is 10.5 Å². The second-order valence-corrected chi connectivity index (χ2v) is 3.99. The molecule has 0 aliphatic heterocycles. The molecular formula is C13H13N3O4. The topological polar surface area (TPSA) is 101 Å². The fourth-order valence-corrected chi connectivity index (χ4v) is 1.65. The zero-order valence-electron chi connectivity index (χ0n) is 10.8. The molecule has 1 aromatic carbocycles. The van der Waals surface area contributed by atoms with E-state index < -0.39 is 4.92 Å². The predicted octanol–water partition coefficient (Wildman–Crippen LogP) is 2.51. The van der Waals surface area contributed by atoms with Crippen molar-refractivity contribution >= 4 is 11.5 Å². The maximum absolute atomic E-state index is 10.6. The highest BCUT2D eigenvalue weighted by Gasteiger charge is 2.13. The summed E-state index contributed by atoms with van der Waals surface area (Å²) in [5.74, 6) is 0.573. The summed E-state index contributed by atoms with van der Waals surface area (Å²) in [5, 5.41) is 10.6. The van der Waals surface area contributed by atoms with Crippen LogP contribution in [0.25, 0.3) is 0 Å². The van der Waals surface area contributed by atoms with E-state index in [1.165, 1.54) is 12.1 Å². The molecule has 0 amide bonds. The van der Waals surface area contributed by atoms with Gasteiger partial charge in [-0.05, 0) is 17.7 Å². The van der Waals surface area contributed by atoms with E-state index in [0.29, 0.717) is 12.4 Å². The minimum atomic E-state index is -0.592. The van der Waals surface area contributed by atoms with Gasteiger partial charge in [-0.2, -0.15) is 4.98 Å². The van der Waals surface area contributed by atoms with Crippen LogP contribution in [0.2, 0.25) is 0 Å². The van der Waals surface area contributed by atoms with Gasteiger partial charge in [0.05, 0.1) is 11.5 Å². The average molecular weight is 275 g/mol. The fraction of sp³-hybridized carbons (Fsp3) is 0.154. The smallest absolute Gasteiger partial charge is 0.311 e. The van der Waals surface area contributed by atoms with Crippen LogP contribution in [0.4, 0.5) is 11.5 Å². The van der Waals surface area contributed by atoms with Crippen LogP contribution in [-0.4, -0.2) is 17.0 Å². The minimum absolute atomic E-state index is 0.180. The molecule has 2 rings (SSSR count). The maximum Gasteiger partial charge on any atom is 0.311 e. The highest BCUT2D eigenvalue weighted by molar-refractivity contribution is 5.53. The molecule has 1 aromatic heterocycles. The van der Waals surface area contributed by atoms with Gasteiger partial charge in [0.15, 0.2) is 0 Å². The summed E-state index contributed by atoms with van der Waals surface area (Å²) in [6, 6.07) is 9.92. The largest absolute Gasteiger partial charge is 0.439 e. The molecule has 0 unspecified atom stereocenters. The van der Waals surface area contributed by atoms with Gasteiger partial charge in [0.25, 0.3) is 0 Å². The molecule has 7 heteroatoms. The first-order valence-electron chi connectivity index (χ1n) is 5.77. The third-order valence-corrected chi connectivity index (χ3v) is 2.51. The van der Waals surface area contributed by atoms with Gasteiger partial charge < -0.3 is 15.2 Å². The monoisotopic (exact) mass is 275 g/mol. The van der Waals surface area contributed by atoms with Crippen molar-refractivity contribution in [2.75, 3.05) is 12.8 Å². The number of hydrogen-bond acceptors (Lipinski definition) is 6. The number of pyridine rings is 1. The van der Waals surface area contributed by atoms with Crippen molar-refractivity contribution in [1.29, 1.82) is 0 Å².